The van der Waals surface area contributed by atoms with Crippen molar-refractivity contribution >= 4 is 11.8 Å². The van der Waals surface area contributed by atoms with Crippen molar-refractivity contribution in [1.82, 2.24) is 4.98 Å². The van der Waals surface area contributed by atoms with Crippen molar-refractivity contribution in [1.29, 1.82) is 0 Å². The molecular formula is C12H13NO2S. The van der Waals surface area contributed by atoms with Crippen molar-refractivity contribution in [2.45, 2.75) is 30.1 Å². The van der Waals surface area contributed by atoms with Crippen LogP contribution >= 0.6 is 11.8 Å². The number of aliphatic hydroxyl groups is 1. The third-order valence-corrected chi connectivity index (χ3v) is 3.12. The molecule has 3 nitrogen and oxygen atoms in total. The molecule has 1 aromatic carbocycles. The van der Waals surface area contributed by atoms with E-state index in [4.69, 9.17) is 4.42 Å². The molecule has 0 aliphatic heterocycles. The molecule has 0 aliphatic rings. The molecule has 1 heterocycles. The van der Waals surface area contributed by atoms with E-state index in [0.717, 1.165) is 16.2 Å². The minimum atomic E-state index is -0.486. The molecule has 0 saturated carbocycles. The normalized spacial score (nSPS) is 12.7. The van der Waals surface area contributed by atoms with E-state index in [0.29, 0.717) is 5.22 Å². The molecule has 2 aromatic rings. The molecule has 1 unspecified atom stereocenters. The Morgan fingerprint density at radius 2 is 2.12 bits per heavy atom. The fraction of sp³-hybridized carbons (Fsp3) is 0.250. The molecule has 0 saturated heterocycles. The number of rotatable bonds is 3. The minimum Gasteiger partial charge on any atom is -0.439 e. The first-order valence-corrected chi connectivity index (χ1v) is 5.85. The number of aliphatic hydroxyl groups excluding tert-OH is 1. The van der Waals surface area contributed by atoms with E-state index < -0.39 is 6.10 Å². The molecule has 0 amide bonds. The predicted octanol–water partition coefficient (Wildman–Crippen LogP) is 3.19. The molecule has 16 heavy (non-hydrogen) atoms. The fourth-order valence-electron chi connectivity index (χ4n) is 1.39. The second kappa shape index (κ2) is 4.72. The van der Waals surface area contributed by atoms with Gasteiger partial charge >= 0.3 is 0 Å². The molecule has 1 aromatic heterocycles. The first-order chi connectivity index (χ1) is 7.66. The molecule has 0 radical (unpaired) electrons. The summed E-state index contributed by atoms with van der Waals surface area (Å²) in [5.41, 5.74) is 1.75. The van der Waals surface area contributed by atoms with Gasteiger partial charge in [0.25, 0.3) is 5.22 Å². The Morgan fingerprint density at radius 1 is 1.38 bits per heavy atom. The Hall–Kier alpha value is -1.26. The third-order valence-electron chi connectivity index (χ3n) is 2.16. The van der Waals surface area contributed by atoms with Crippen LogP contribution in [-0.4, -0.2) is 10.1 Å². The van der Waals surface area contributed by atoms with Crippen molar-refractivity contribution < 1.29 is 9.52 Å². The lowest BCUT2D eigenvalue weighted by molar-refractivity contribution is 0.196. The van der Waals surface area contributed by atoms with E-state index in [1.54, 1.807) is 13.2 Å². The molecule has 2 rings (SSSR count). The molecule has 0 fully saturated rings. The van der Waals surface area contributed by atoms with Gasteiger partial charge in [-0.15, -0.1) is 0 Å². The largest absolute Gasteiger partial charge is 0.439 e. The lowest BCUT2D eigenvalue weighted by Crippen LogP contribution is -1.93. The van der Waals surface area contributed by atoms with E-state index in [1.807, 2.05) is 31.2 Å². The van der Waals surface area contributed by atoms with Crippen LogP contribution in [0.4, 0.5) is 0 Å². The van der Waals surface area contributed by atoms with Crippen LogP contribution in [0.25, 0.3) is 0 Å². The zero-order valence-corrected chi connectivity index (χ0v) is 9.99. The Bertz CT molecular complexity index is 479. The molecule has 84 valence electrons. The summed E-state index contributed by atoms with van der Waals surface area (Å²) in [6, 6.07) is 7.70. The minimum absolute atomic E-state index is 0.486. The third kappa shape index (κ3) is 2.46. The van der Waals surface area contributed by atoms with Crippen LogP contribution in [0, 0.1) is 6.92 Å². The number of nitrogens with zero attached hydrogens (tertiary/aromatic N) is 1. The second-order valence-electron chi connectivity index (χ2n) is 3.57. The van der Waals surface area contributed by atoms with Crippen LogP contribution in [0.3, 0.4) is 0 Å². The van der Waals surface area contributed by atoms with Gasteiger partial charge in [0.1, 0.15) is 6.26 Å². The maximum atomic E-state index is 9.62. The van der Waals surface area contributed by atoms with Crippen molar-refractivity contribution in [3.05, 3.63) is 41.8 Å². The number of hydrogen-bond acceptors (Lipinski definition) is 4. The van der Waals surface area contributed by atoms with Gasteiger partial charge in [0, 0.05) is 4.90 Å². The van der Waals surface area contributed by atoms with E-state index in [-0.39, 0.29) is 0 Å². The summed E-state index contributed by atoms with van der Waals surface area (Å²) in [6.07, 6.45) is 1.13. The van der Waals surface area contributed by atoms with Crippen molar-refractivity contribution in [2.24, 2.45) is 0 Å². The smallest absolute Gasteiger partial charge is 0.260 e. The van der Waals surface area contributed by atoms with Gasteiger partial charge in [-0.2, -0.15) is 0 Å². The van der Waals surface area contributed by atoms with Crippen LogP contribution < -0.4 is 0 Å². The van der Waals surface area contributed by atoms with Gasteiger partial charge in [-0.3, -0.25) is 0 Å². The summed E-state index contributed by atoms with van der Waals surface area (Å²) < 4.78 is 5.27. The highest BCUT2D eigenvalue weighted by Gasteiger charge is 2.10. The Kier molecular flexibility index (Phi) is 3.31. The number of aryl methyl sites for hydroxylation is 1. The van der Waals surface area contributed by atoms with E-state index in [9.17, 15) is 5.11 Å². The molecular weight excluding hydrogens is 222 g/mol. The summed E-state index contributed by atoms with van der Waals surface area (Å²) in [4.78, 5) is 5.19. The topological polar surface area (TPSA) is 46.3 Å². The summed E-state index contributed by atoms with van der Waals surface area (Å²) in [6.45, 7) is 3.63. The average Bonchev–Trinajstić information content (AvgIpc) is 2.64. The number of oxazole rings is 1. The van der Waals surface area contributed by atoms with E-state index >= 15 is 0 Å². The Morgan fingerprint density at radius 3 is 2.75 bits per heavy atom. The maximum Gasteiger partial charge on any atom is 0.260 e. The fourth-order valence-corrected chi connectivity index (χ4v) is 2.37. The SMILES string of the molecule is Cc1coc(Sc2ccccc2C(C)O)n1. The summed E-state index contributed by atoms with van der Waals surface area (Å²) in [5, 5.41) is 10.2. The lowest BCUT2D eigenvalue weighted by atomic mass is 10.1. The van der Waals surface area contributed by atoms with Crippen LogP contribution in [0.5, 0.6) is 0 Å². The molecule has 1 N–H and O–H groups in total. The highest BCUT2D eigenvalue weighted by Crippen LogP contribution is 2.32. The molecule has 0 bridgehead atoms. The monoisotopic (exact) mass is 235 g/mol. The predicted molar refractivity (Wildman–Crippen MR) is 62.4 cm³/mol. The molecule has 1 atom stereocenters. The number of benzene rings is 1. The second-order valence-corrected chi connectivity index (χ2v) is 4.56. The van der Waals surface area contributed by atoms with Crippen molar-refractivity contribution in [3.63, 3.8) is 0 Å². The zero-order chi connectivity index (χ0) is 11.5. The summed E-state index contributed by atoms with van der Waals surface area (Å²) in [5.74, 6) is 0. The zero-order valence-electron chi connectivity index (χ0n) is 9.18. The van der Waals surface area contributed by atoms with Crippen LogP contribution in [-0.2, 0) is 0 Å². The van der Waals surface area contributed by atoms with Crippen LogP contribution in [0.15, 0.2) is 45.1 Å². The van der Waals surface area contributed by atoms with Gasteiger partial charge in [0.05, 0.1) is 11.8 Å². The van der Waals surface area contributed by atoms with Gasteiger partial charge in [0.2, 0.25) is 0 Å². The van der Waals surface area contributed by atoms with Crippen LogP contribution in [0.2, 0.25) is 0 Å². The Balaban J connectivity index is 2.27. The standard InChI is InChI=1S/C12H13NO2S/c1-8-7-15-12(13-8)16-11-6-4-3-5-10(11)9(2)14/h3-7,9,14H,1-2H3. The summed E-state index contributed by atoms with van der Waals surface area (Å²) in [7, 11) is 0. The molecule has 0 aliphatic carbocycles. The Labute approximate surface area is 98.5 Å². The number of hydrogen-bond donors (Lipinski definition) is 1. The summed E-state index contributed by atoms with van der Waals surface area (Å²) >= 11 is 1.43. The van der Waals surface area contributed by atoms with Gasteiger partial charge in [-0.1, -0.05) is 18.2 Å². The van der Waals surface area contributed by atoms with Gasteiger partial charge in [-0.05, 0) is 37.2 Å². The maximum absolute atomic E-state index is 9.62. The molecule has 0 spiro atoms. The first kappa shape index (κ1) is 11.2. The van der Waals surface area contributed by atoms with Gasteiger partial charge in [-0.25, -0.2) is 4.98 Å². The molecule has 4 heteroatoms. The van der Waals surface area contributed by atoms with Crippen molar-refractivity contribution in [3.8, 4) is 0 Å². The van der Waals surface area contributed by atoms with E-state index in [2.05, 4.69) is 4.98 Å². The van der Waals surface area contributed by atoms with Gasteiger partial charge in [0.15, 0.2) is 0 Å². The highest BCUT2D eigenvalue weighted by atomic mass is 32.2. The van der Waals surface area contributed by atoms with E-state index in [1.165, 1.54) is 11.8 Å². The highest BCUT2D eigenvalue weighted by molar-refractivity contribution is 7.99. The number of aromatic nitrogens is 1. The quantitative estimate of drug-likeness (QED) is 0.887. The van der Waals surface area contributed by atoms with Crippen molar-refractivity contribution in [2.75, 3.05) is 0 Å². The van der Waals surface area contributed by atoms with Gasteiger partial charge < -0.3 is 9.52 Å². The first-order valence-electron chi connectivity index (χ1n) is 5.04. The lowest BCUT2D eigenvalue weighted by Gasteiger charge is -2.09. The van der Waals surface area contributed by atoms with Crippen LogP contribution in [0.1, 0.15) is 24.3 Å². The average molecular weight is 235 g/mol.